The summed E-state index contributed by atoms with van der Waals surface area (Å²) in [6, 6.07) is 16.2. The first-order chi connectivity index (χ1) is 12.2. The fraction of sp³-hybridized carbons (Fsp3) is 0.300. The van der Waals surface area contributed by atoms with Crippen LogP contribution in [0.2, 0.25) is 0 Å². The number of hydrogen-bond donors (Lipinski definition) is 1. The van der Waals surface area contributed by atoms with E-state index in [9.17, 15) is 4.79 Å². The molecule has 5 nitrogen and oxygen atoms in total. The van der Waals surface area contributed by atoms with Gasteiger partial charge in [-0.15, -0.1) is 0 Å². The van der Waals surface area contributed by atoms with E-state index >= 15 is 0 Å². The number of pyridine rings is 1. The molecule has 0 saturated heterocycles. The van der Waals surface area contributed by atoms with E-state index in [0.29, 0.717) is 5.69 Å². The van der Waals surface area contributed by atoms with Crippen LogP contribution in [-0.2, 0) is 13.0 Å². The summed E-state index contributed by atoms with van der Waals surface area (Å²) in [5.41, 5.74) is 4.33. The first kappa shape index (κ1) is 15.8. The number of fused-ring (bicyclic) bond motifs is 2. The van der Waals surface area contributed by atoms with Gasteiger partial charge in [0.05, 0.1) is 11.7 Å². The maximum Gasteiger partial charge on any atom is 0.270 e. The summed E-state index contributed by atoms with van der Waals surface area (Å²) >= 11 is 0. The normalized spacial score (nSPS) is 15.7. The fourth-order valence-corrected chi connectivity index (χ4v) is 3.56. The molecule has 1 aliphatic heterocycles. The molecular formula is C20H22N4O. The summed E-state index contributed by atoms with van der Waals surface area (Å²) in [4.78, 5) is 15.0. The average molecular weight is 334 g/mol. The molecule has 0 saturated carbocycles. The van der Waals surface area contributed by atoms with Crippen molar-refractivity contribution in [3.05, 3.63) is 71.5 Å². The monoisotopic (exact) mass is 334 g/mol. The van der Waals surface area contributed by atoms with Crippen molar-refractivity contribution in [2.75, 3.05) is 13.1 Å². The van der Waals surface area contributed by atoms with Gasteiger partial charge in [-0.2, -0.15) is 5.10 Å². The van der Waals surface area contributed by atoms with Gasteiger partial charge in [-0.05, 0) is 42.7 Å². The molecule has 1 atom stereocenters. The van der Waals surface area contributed by atoms with Gasteiger partial charge in [0.25, 0.3) is 5.91 Å². The second-order valence-corrected chi connectivity index (χ2v) is 6.71. The molecule has 1 amide bonds. The summed E-state index contributed by atoms with van der Waals surface area (Å²) in [6.45, 7) is 4.88. The molecule has 5 heteroatoms. The van der Waals surface area contributed by atoms with Crippen LogP contribution in [0.4, 0.5) is 0 Å². The zero-order chi connectivity index (χ0) is 17.2. The van der Waals surface area contributed by atoms with Gasteiger partial charge in [-0.1, -0.05) is 30.3 Å². The third-order valence-electron chi connectivity index (χ3n) is 4.77. The average Bonchev–Trinajstić information content (AvgIpc) is 3.10. The highest BCUT2D eigenvalue weighted by Crippen LogP contribution is 2.18. The Morgan fingerprint density at radius 2 is 2.00 bits per heavy atom. The van der Waals surface area contributed by atoms with Crippen LogP contribution in [0.5, 0.6) is 0 Å². The van der Waals surface area contributed by atoms with Crippen LogP contribution in [-0.4, -0.2) is 39.6 Å². The second-order valence-electron chi connectivity index (χ2n) is 6.71. The molecule has 128 valence electrons. The second kappa shape index (κ2) is 6.69. The predicted molar refractivity (Wildman–Crippen MR) is 97.5 cm³/mol. The molecule has 0 spiro atoms. The third kappa shape index (κ3) is 3.28. The fourth-order valence-electron chi connectivity index (χ4n) is 3.56. The minimum absolute atomic E-state index is 0.0728. The SMILES string of the molecule is C[C@@H](CN1CCc2ccccc2C1)NC(=O)c1cccc2ccnn12. The van der Waals surface area contributed by atoms with Gasteiger partial charge in [-0.3, -0.25) is 9.69 Å². The van der Waals surface area contributed by atoms with Crippen LogP contribution >= 0.6 is 0 Å². The van der Waals surface area contributed by atoms with Crippen molar-refractivity contribution in [1.82, 2.24) is 19.8 Å². The molecule has 0 unspecified atom stereocenters. The molecule has 3 aromatic rings. The van der Waals surface area contributed by atoms with Gasteiger partial charge in [-0.25, -0.2) is 4.52 Å². The highest BCUT2D eigenvalue weighted by Gasteiger charge is 2.19. The molecular weight excluding hydrogens is 312 g/mol. The zero-order valence-corrected chi connectivity index (χ0v) is 14.4. The van der Waals surface area contributed by atoms with E-state index in [4.69, 9.17) is 0 Å². The number of benzene rings is 1. The van der Waals surface area contributed by atoms with E-state index < -0.39 is 0 Å². The smallest absolute Gasteiger partial charge is 0.270 e. The van der Waals surface area contributed by atoms with Crippen molar-refractivity contribution in [2.45, 2.75) is 25.9 Å². The molecule has 1 aromatic carbocycles. The van der Waals surface area contributed by atoms with E-state index in [1.165, 1.54) is 11.1 Å². The Morgan fingerprint density at radius 1 is 1.16 bits per heavy atom. The lowest BCUT2D eigenvalue weighted by molar-refractivity contribution is 0.0919. The van der Waals surface area contributed by atoms with E-state index in [1.54, 1.807) is 16.8 Å². The Labute approximate surface area is 147 Å². The lowest BCUT2D eigenvalue weighted by Crippen LogP contribution is -2.44. The largest absolute Gasteiger partial charge is 0.347 e. The summed E-state index contributed by atoms with van der Waals surface area (Å²) in [5, 5.41) is 7.34. The number of rotatable bonds is 4. The van der Waals surface area contributed by atoms with Gasteiger partial charge in [0.1, 0.15) is 5.69 Å². The van der Waals surface area contributed by atoms with Crippen molar-refractivity contribution in [3.63, 3.8) is 0 Å². The van der Waals surface area contributed by atoms with Crippen LogP contribution in [0.1, 0.15) is 28.5 Å². The Balaban J connectivity index is 1.40. The number of amides is 1. The van der Waals surface area contributed by atoms with E-state index in [-0.39, 0.29) is 11.9 Å². The van der Waals surface area contributed by atoms with Crippen molar-refractivity contribution in [1.29, 1.82) is 0 Å². The molecule has 1 aliphatic rings. The van der Waals surface area contributed by atoms with Crippen molar-refractivity contribution < 1.29 is 4.79 Å². The van der Waals surface area contributed by atoms with Crippen LogP contribution < -0.4 is 5.32 Å². The zero-order valence-electron chi connectivity index (χ0n) is 14.4. The highest BCUT2D eigenvalue weighted by molar-refractivity contribution is 5.93. The van der Waals surface area contributed by atoms with E-state index in [1.807, 2.05) is 18.2 Å². The minimum Gasteiger partial charge on any atom is -0.347 e. The maximum atomic E-state index is 12.6. The lowest BCUT2D eigenvalue weighted by atomic mass is 10.00. The number of nitrogens with zero attached hydrogens (tertiary/aromatic N) is 3. The van der Waals surface area contributed by atoms with Gasteiger partial charge in [0.2, 0.25) is 0 Å². The Morgan fingerprint density at radius 3 is 2.88 bits per heavy atom. The quantitative estimate of drug-likeness (QED) is 0.798. The Bertz CT molecular complexity index is 901. The van der Waals surface area contributed by atoms with E-state index in [2.05, 4.69) is 46.5 Å². The molecule has 4 rings (SSSR count). The highest BCUT2D eigenvalue weighted by atomic mass is 16.2. The number of carbonyl (C=O) groups is 1. The Hall–Kier alpha value is -2.66. The van der Waals surface area contributed by atoms with Crippen LogP contribution in [0.15, 0.2) is 54.7 Å². The van der Waals surface area contributed by atoms with Gasteiger partial charge < -0.3 is 5.32 Å². The molecule has 25 heavy (non-hydrogen) atoms. The Kier molecular flexibility index (Phi) is 4.24. The number of carbonyl (C=O) groups excluding carboxylic acids is 1. The predicted octanol–water partition coefficient (Wildman–Crippen LogP) is 2.51. The van der Waals surface area contributed by atoms with E-state index in [0.717, 1.165) is 31.6 Å². The number of nitrogens with one attached hydrogen (secondary N) is 1. The van der Waals surface area contributed by atoms with Gasteiger partial charge >= 0.3 is 0 Å². The first-order valence-electron chi connectivity index (χ1n) is 8.73. The third-order valence-corrected chi connectivity index (χ3v) is 4.77. The van der Waals surface area contributed by atoms with Crippen molar-refractivity contribution in [3.8, 4) is 0 Å². The minimum atomic E-state index is -0.0841. The molecule has 3 heterocycles. The van der Waals surface area contributed by atoms with Crippen LogP contribution in [0.3, 0.4) is 0 Å². The molecule has 0 aliphatic carbocycles. The van der Waals surface area contributed by atoms with Crippen molar-refractivity contribution in [2.24, 2.45) is 0 Å². The molecule has 0 radical (unpaired) electrons. The topological polar surface area (TPSA) is 49.6 Å². The molecule has 1 N–H and O–H groups in total. The van der Waals surface area contributed by atoms with Crippen LogP contribution in [0, 0.1) is 0 Å². The summed E-state index contributed by atoms with van der Waals surface area (Å²) < 4.78 is 1.68. The summed E-state index contributed by atoms with van der Waals surface area (Å²) in [7, 11) is 0. The summed E-state index contributed by atoms with van der Waals surface area (Å²) in [6.07, 6.45) is 2.78. The maximum absolute atomic E-state index is 12.6. The first-order valence-corrected chi connectivity index (χ1v) is 8.73. The summed E-state index contributed by atoms with van der Waals surface area (Å²) in [5.74, 6) is -0.0841. The van der Waals surface area contributed by atoms with Gasteiger partial charge in [0, 0.05) is 25.7 Å². The van der Waals surface area contributed by atoms with Crippen LogP contribution in [0.25, 0.3) is 5.52 Å². The lowest BCUT2D eigenvalue weighted by Gasteiger charge is -2.31. The molecule has 0 bridgehead atoms. The number of hydrogen-bond acceptors (Lipinski definition) is 3. The van der Waals surface area contributed by atoms with Gasteiger partial charge in [0.15, 0.2) is 0 Å². The molecule has 0 fully saturated rings. The molecule has 2 aromatic heterocycles. The number of aromatic nitrogens is 2. The standard InChI is InChI=1S/C20H22N4O/c1-15(13-23-12-10-16-5-2-3-6-17(16)14-23)22-20(25)19-8-4-7-18-9-11-21-24(18)19/h2-9,11,15H,10,12-14H2,1H3,(H,22,25)/t15-/m0/s1. The van der Waals surface area contributed by atoms with Crippen molar-refractivity contribution >= 4 is 11.4 Å².